The molecule has 5 aliphatic rings. The van der Waals surface area contributed by atoms with Crippen molar-refractivity contribution in [1.29, 1.82) is 0 Å². The van der Waals surface area contributed by atoms with E-state index in [1.807, 2.05) is 0 Å². The van der Waals surface area contributed by atoms with E-state index >= 15 is 0 Å². The molecule has 0 aromatic heterocycles. The van der Waals surface area contributed by atoms with Crippen LogP contribution in [0.15, 0.2) is 0 Å². The Hall–Kier alpha value is -0.0800. The van der Waals surface area contributed by atoms with Crippen molar-refractivity contribution in [2.45, 2.75) is 44.9 Å². The van der Waals surface area contributed by atoms with Gasteiger partial charge >= 0.3 is 0 Å². The van der Waals surface area contributed by atoms with E-state index in [0.717, 1.165) is 35.5 Å². The van der Waals surface area contributed by atoms with E-state index in [-0.39, 0.29) is 0 Å². The molecule has 2 nitrogen and oxygen atoms in total. The van der Waals surface area contributed by atoms with Crippen LogP contribution in [0.2, 0.25) is 0 Å². The standard InChI is InChI=1S/C17H30N2/c1-2-12(9-18-3-1)10-19-11-17-15-5-13-4-14(7-15)8-16(17)6-13/h12-19H,1-11H2. The van der Waals surface area contributed by atoms with Crippen LogP contribution in [-0.4, -0.2) is 26.2 Å². The van der Waals surface area contributed by atoms with Gasteiger partial charge in [0.1, 0.15) is 0 Å². The Bertz CT molecular complexity index is 280. The van der Waals surface area contributed by atoms with Gasteiger partial charge in [0.15, 0.2) is 0 Å². The lowest BCUT2D eigenvalue weighted by Gasteiger charge is -2.54. The molecule has 0 aromatic carbocycles. The van der Waals surface area contributed by atoms with Crippen molar-refractivity contribution in [3.63, 3.8) is 0 Å². The van der Waals surface area contributed by atoms with E-state index < -0.39 is 0 Å². The second-order valence-electron chi connectivity index (χ2n) is 7.97. The summed E-state index contributed by atoms with van der Waals surface area (Å²) >= 11 is 0. The minimum atomic E-state index is 0.894. The summed E-state index contributed by atoms with van der Waals surface area (Å²) < 4.78 is 0. The van der Waals surface area contributed by atoms with Crippen LogP contribution in [0.5, 0.6) is 0 Å². The summed E-state index contributed by atoms with van der Waals surface area (Å²) in [6, 6.07) is 0. The van der Waals surface area contributed by atoms with Gasteiger partial charge in [-0.1, -0.05) is 0 Å². The average Bonchev–Trinajstić information content (AvgIpc) is 2.42. The number of nitrogens with one attached hydrogen (secondary N) is 2. The van der Waals surface area contributed by atoms with Crippen molar-refractivity contribution >= 4 is 0 Å². The molecule has 0 spiro atoms. The molecular formula is C17H30N2. The molecule has 0 radical (unpaired) electrons. The Balaban J connectivity index is 1.26. The lowest BCUT2D eigenvalue weighted by Crippen LogP contribution is -2.49. The fraction of sp³-hybridized carbons (Fsp3) is 1.00. The summed E-state index contributed by atoms with van der Waals surface area (Å²) in [7, 11) is 0. The van der Waals surface area contributed by atoms with Crippen LogP contribution < -0.4 is 10.6 Å². The van der Waals surface area contributed by atoms with Gasteiger partial charge in [0.2, 0.25) is 0 Å². The molecule has 4 bridgehead atoms. The van der Waals surface area contributed by atoms with Crippen LogP contribution in [0.3, 0.4) is 0 Å². The minimum Gasteiger partial charge on any atom is -0.316 e. The number of piperidine rings is 1. The van der Waals surface area contributed by atoms with Gasteiger partial charge in [0.25, 0.3) is 0 Å². The quantitative estimate of drug-likeness (QED) is 0.814. The van der Waals surface area contributed by atoms with Crippen molar-refractivity contribution in [2.24, 2.45) is 35.5 Å². The first-order valence-corrected chi connectivity index (χ1v) is 8.80. The SMILES string of the molecule is C1CNCC(CNCC2C3CC4CC(C3)CC2C4)C1. The smallest absolute Gasteiger partial charge is 0.000825 e. The van der Waals surface area contributed by atoms with Gasteiger partial charge in [0, 0.05) is 0 Å². The van der Waals surface area contributed by atoms with Gasteiger partial charge in [-0.3, -0.25) is 0 Å². The summed E-state index contributed by atoms with van der Waals surface area (Å²) in [6.45, 7) is 5.07. The van der Waals surface area contributed by atoms with Gasteiger partial charge in [-0.15, -0.1) is 0 Å². The highest BCUT2D eigenvalue weighted by molar-refractivity contribution is 4.98. The largest absolute Gasteiger partial charge is 0.316 e. The number of hydrogen-bond acceptors (Lipinski definition) is 2. The lowest BCUT2D eigenvalue weighted by atomic mass is 9.52. The molecule has 1 aliphatic heterocycles. The van der Waals surface area contributed by atoms with E-state index in [9.17, 15) is 0 Å². The number of rotatable bonds is 4. The van der Waals surface area contributed by atoms with Gasteiger partial charge in [0.05, 0.1) is 0 Å². The molecule has 108 valence electrons. The van der Waals surface area contributed by atoms with Crippen molar-refractivity contribution < 1.29 is 0 Å². The zero-order valence-corrected chi connectivity index (χ0v) is 12.2. The van der Waals surface area contributed by atoms with Crippen LogP contribution in [-0.2, 0) is 0 Å². The van der Waals surface area contributed by atoms with E-state index in [4.69, 9.17) is 0 Å². The molecule has 19 heavy (non-hydrogen) atoms. The van der Waals surface area contributed by atoms with Gasteiger partial charge in [-0.25, -0.2) is 0 Å². The average molecular weight is 262 g/mol. The Morgan fingerprint density at radius 1 is 0.895 bits per heavy atom. The Morgan fingerprint density at radius 3 is 2.26 bits per heavy atom. The van der Waals surface area contributed by atoms with Crippen molar-refractivity contribution in [3.05, 3.63) is 0 Å². The summed E-state index contributed by atoms with van der Waals surface area (Å²) in [4.78, 5) is 0. The lowest BCUT2D eigenvalue weighted by molar-refractivity contribution is -0.0357. The number of hydrogen-bond donors (Lipinski definition) is 2. The molecule has 2 N–H and O–H groups in total. The molecule has 1 heterocycles. The Morgan fingerprint density at radius 2 is 1.63 bits per heavy atom. The van der Waals surface area contributed by atoms with Crippen LogP contribution in [0, 0.1) is 35.5 Å². The van der Waals surface area contributed by atoms with Crippen LogP contribution in [0.1, 0.15) is 44.9 Å². The fourth-order valence-electron chi connectivity index (χ4n) is 5.92. The Labute approximate surface area is 118 Å². The first-order chi connectivity index (χ1) is 9.38. The minimum absolute atomic E-state index is 0.894. The van der Waals surface area contributed by atoms with Gasteiger partial charge in [-0.05, 0) is 107 Å². The molecule has 2 heteroatoms. The van der Waals surface area contributed by atoms with E-state index in [2.05, 4.69) is 10.6 Å². The monoisotopic (exact) mass is 262 g/mol. The van der Waals surface area contributed by atoms with Crippen molar-refractivity contribution in [2.75, 3.05) is 26.2 Å². The van der Waals surface area contributed by atoms with Crippen molar-refractivity contribution in [1.82, 2.24) is 10.6 Å². The van der Waals surface area contributed by atoms with E-state index in [1.165, 1.54) is 39.0 Å². The summed E-state index contributed by atoms with van der Waals surface area (Å²) in [5, 5.41) is 7.38. The summed E-state index contributed by atoms with van der Waals surface area (Å²) in [5.74, 6) is 6.36. The third kappa shape index (κ3) is 2.58. The maximum absolute atomic E-state index is 3.84. The second-order valence-corrected chi connectivity index (χ2v) is 7.97. The molecule has 1 atom stereocenters. The molecular weight excluding hydrogens is 232 g/mol. The predicted octanol–water partition coefficient (Wildman–Crippen LogP) is 2.65. The highest BCUT2D eigenvalue weighted by Gasteiger charge is 2.47. The second kappa shape index (κ2) is 5.37. The van der Waals surface area contributed by atoms with Gasteiger partial charge in [-0.2, -0.15) is 0 Å². The fourth-order valence-corrected chi connectivity index (χ4v) is 5.92. The molecule has 0 amide bonds. The topological polar surface area (TPSA) is 24.1 Å². The highest BCUT2D eigenvalue weighted by atomic mass is 14.9. The molecule has 1 saturated heterocycles. The summed E-state index contributed by atoms with van der Waals surface area (Å²) in [5.41, 5.74) is 0. The van der Waals surface area contributed by atoms with Crippen molar-refractivity contribution in [3.8, 4) is 0 Å². The maximum Gasteiger partial charge on any atom is -0.000825 e. The summed E-state index contributed by atoms with van der Waals surface area (Å²) in [6.07, 6.45) is 10.7. The molecule has 0 aromatic rings. The molecule has 1 unspecified atom stereocenters. The first-order valence-electron chi connectivity index (χ1n) is 8.80. The maximum atomic E-state index is 3.84. The third-order valence-electron chi connectivity index (χ3n) is 6.63. The van der Waals surface area contributed by atoms with E-state index in [1.54, 1.807) is 32.1 Å². The molecule has 5 rings (SSSR count). The zero-order valence-electron chi connectivity index (χ0n) is 12.2. The molecule has 5 fully saturated rings. The molecule has 4 saturated carbocycles. The third-order valence-corrected chi connectivity index (χ3v) is 6.63. The van der Waals surface area contributed by atoms with E-state index in [0.29, 0.717) is 0 Å². The normalized spacial score (nSPS) is 48.6. The Kier molecular flexibility index (Phi) is 3.57. The van der Waals surface area contributed by atoms with Crippen LogP contribution >= 0.6 is 0 Å². The highest BCUT2D eigenvalue weighted by Crippen LogP contribution is 2.56. The predicted molar refractivity (Wildman–Crippen MR) is 79.0 cm³/mol. The van der Waals surface area contributed by atoms with Gasteiger partial charge < -0.3 is 10.6 Å². The van der Waals surface area contributed by atoms with Crippen LogP contribution in [0.4, 0.5) is 0 Å². The molecule has 4 aliphatic carbocycles. The zero-order chi connectivity index (χ0) is 12.7. The van der Waals surface area contributed by atoms with Crippen LogP contribution in [0.25, 0.3) is 0 Å². The first kappa shape index (κ1) is 12.6.